The molecule has 1 aromatic heterocycles. The number of amides is 3. The Morgan fingerprint density at radius 3 is 2.02 bits per heavy atom. The fourth-order valence-electron chi connectivity index (χ4n) is 4.35. The molecule has 0 saturated heterocycles. The van der Waals surface area contributed by atoms with E-state index in [4.69, 9.17) is 32.1 Å². The average molecular weight is 695 g/mol. The molecule has 0 radical (unpaired) electrons. The van der Waals surface area contributed by atoms with Gasteiger partial charge in [0.25, 0.3) is 0 Å². The first-order valence-corrected chi connectivity index (χ1v) is 14.3. The second kappa shape index (κ2) is 20.2. The third-order valence-electron chi connectivity index (χ3n) is 6.56. The highest BCUT2D eigenvalue weighted by Gasteiger charge is 2.27. The molecule has 3 rings (SSSR count). The predicted octanol–water partition coefficient (Wildman–Crippen LogP) is 1.77. The molecule has 0 spiro atoms. The second-order valence-electron chi connectivity index (χ2n) is 10.2. The number of guanidine groups is 2. The van der Waals surface area contributed by atoms with Crippen LogP contribution in [0.2, 0.25) is 0 Å². The molecular weight excluding hydrogens is 653 g/mol. The molecule has 3 amide bonds. The lowest BCUT2D eigenvalue weighted by atomic mass is 10.1. The van der Waals surface area contributed by atoms with Crippen molar-refractivity contribution in [2.75, 3.05) is 18.4 Å². The van der Waals surface area contributed by atoms with Crippen LogP contribution in [-0.2, 0) is 20.9 Å². The lowest BCUT2D eigenvalue weighted by Crippen LogP contribution is -2.52. The average Bonchev–Trinajstić information content (AvgIpc) is 2.99. The quantitative estimate of drug-likeness (QED) is 0.0525. The van der Waals surface area contributed by atoms with Gasteiger partial charge in [-0.25, -0.2) is 9.59 Å². The minimum Gasteiger partial charge on any atom is -0.445 e. The first-order chi connectivity index (χ1) is 21.5. The molecule has 0 aliphatic rings. The Morgan fingerprint density at radius 2 is 1.43 bits per heavy atom. The van der Waals surface area contributed by atoms with Gasteiger partial charge in [0.2, 0.25) is 11.8 Å². The van der Waals surface area contributed by atoms with Crippen molar-refractivity contribution in [3.05, 3.63) is 76.1 Å². The largest absolute Gasteiger partial charge is 0.445 e. The summed E-state index contributed by atoms with van der Waals surface area (Å²) in [6, 6.07) is 13.1. The van der Waals surface area contributed by atoms with Crippen LogP contribution in [0.3, 0.4) is 0 Å². The van der Waals surface area contributed by atoms with Crippen molar-refractivity contribution in [3.8, 4) is 0 Å². The van der Waals surface area contributed by atoms with Gasteiger partial charge in [0.05, 0.1) is 0 Å². The number of rotatable bonds is 15. The topological polar surface area (TPSA) is 256 Å². The highest BCUT2D eigenvalue weighted by atomic mass is 35.5. The standard InChI is InChI=1S/C30H39N9O6.2ClH/c1-18-15-25(40)45-24-12-11-20(16-21(18)24)37-26(41)22(9-5-13-35-28(31)32)38-27(42)23(10-6-14-36-29(33)34)39-30(43)44-17-19-7-3-2-4-8-19;;/h2-4,7-8,11-12,15-16,22-23H,5-6,9-10,13-14,17H2,1H3,(H,37,41)(H,38,42)(H,39,43)(H4,31,32,35)(H4,33,34,36);2*1H. The summed E-state index contributed by atoms with van der Waals surface area (Å²) >= 11 is 0. The van der Waals surface area contributed by atoms with Crippen molar-refractivity contribution in [1.82, 2.24) is 10.6 Å². The molecule has 1 heterocycles. The summed E-state index contributed by atoms with van der Waals surface area (Å²) in [7, 11) is 0. The molecule has 0 saturated carbocycles. The Labute approximate surface area is 283 Å². The number of hydrogen-bond acceptors (Lipinski definition) is 8. The molecule has 11 N–H and O–H groups in total. The summed E-state index contributed by atoms with van der Waals surface area (Å²) in [6.07, 6.45) is 0.228. The molecule has 0 bridgehead atoms. The number of carbonyl (C=O) groups is 3. The van der Waals surface area contributed by atoms with Crippen molar-refractivity contribution in [3.63, 3.8) is 0 Å². The van der Waals surface area contributed by atoms with Crippen molar-refractivity contribution in [1.29, 1.82) is 0 Å². The number of carbonyl (C=O) groups excluding carboxylic acids is 3. The lowest BCUT2D eigenvalue weighted by molar-refractivity contribution is -0.128. The monoisotopic (exact) mass is 693 g/mol. The van der Waals surface area contributed by atoms with Gasteiger partial charge < -0.3 is 48.0 Å². The maximum absolute atomic E-state index is 13.5. The lowest BCUT2D eigenvalue weighted by Gasteiger charge is -2.23. The minimum atomic E-state index is -1.07. The van der Waals surface area contributed by atoms with Gasteiger partial charge in [0.1, 0.15) is 24.3 Å². The Bertz CT molecular complexity index is 1590. The van der Waals surface area contributed by atoms with Crippen LogP contribution in [0.15, 0.2) is 73.8 Å². The highest BCUT2D eigenvalue weighted by molar-refractivity contribution is 5.99. The fourth-order valence-corrected chi connectivity index (χ4v) is 4.35. The van der Waals surface area contributed by atoms with Crippen LogP contribution in [0.25, 0.3) is 11.0 Å². The van der Waals surface area contributed by atoms with E-state index >= 15 is 0 Å². The Balaban J connectivity index is 0.00000552. The number of benzene rings is 2. The van der Waals surface area contributed by atoms with E-state index in [1.807, 2.05) is 18.2 Å². The zero-order valence-corrected chi connectivity index (χ0v) is 27.4. The number of anilines is 1. The minimum absolute atomic E-state index is 0. The van der Waals surface area contributed by atoms with E-state index < -0.39 is 35.6 Å². The summed E-state index contributed by atoms with van der Waals surface area (Å²) in [6.45, 7) is 2.20. The van der Waals surface area contributed by atoms with Gasteiger partial charge >= 0.3 is 11.7 Å². The van der Waals surface area contributed by atoms with Gasteiger partial charge in [-0.15, -0.1) is 24.8 Å². The SMILES string of the molecule is Cc1cc(=O)oc2ccc(NC(=O)C(CCCN=C(N)N)NC(=O)C(CCCN=C(N)N)NC(=O)OCc3ccccc3)cc12.Cl.Cl. The number of nitrogens with two attached hydrogens (primary N) is 4. The van der Waals surface area contributed by atoms with E-state index in [0.29, 0.717) is 35.1 Å². The smallest absolute Gasteiger partial charge is 0.408 e. The molecule has 2 unspecified atom stereocenters. The molecule has 3 aromatic rings. The number of nitrogens with zero attached hydrogens (tertiary/aromatic N) is 2. The first kappa shape index (κ1) is 40.0. The fraction of sp³-hybridized carbons (Fsp3) is 0.333. The molecule has 0 aliphatic carbocycles. The van der Waals surface area contributed by atoms with Crippen LogP contribution in [0, 0.1) is 6.92 Å². The third-order valence-corrected chi connectivity index (χ3v) is 6.56. The van der Waals surface area contributed by atoms with E-state index in [-0.39, 0.29) is 69.3 Å². The van der Waals surface area contributed by atoms with Gasteiger partial charge in [0, 0.05) is 30.2 Å². The van der Waals surface area contributed by atoms with Gasteiger partial charge in [0.15, 0.2) is 11.9 Å². The molecular formula is C30H41Cl2N9O6. The van der Waals surface area contributed by atoms with Crippen LogP contribution in [0.1, 0.15) is 36.8 Å². The number of hydrogen-bond donors (Lipinski definition) is 7. The Kier molecular flexibility index (Phi) is 17.2. The van der Waals surface area contributed by atoms with E-state index in [1.165, 1.54) is 6.07 Å². The number of fused-ring (bicyclic) bond motifs is 1. The first-order valence-electron chi connectivity index (χ1n) is 14.3. The maximum Gasteiger partial charge on any atom is 0.408 e. The summed E-state index contributed by atoms with van der Waals surface area (Å²) < 4.78 is 10.5. The van der Waals surface area contributed by atoms with Crippen molar-refractivity contribution in [2.45, 2.75) is 51.3 Å². The van der Waals surface area contributed by atoms with Crippen LogP contribution in [0.5, 0.6) is 0 Å². The summed E-state index contributed by atoms with van der Waals surface area (Å²) in [5, 5.41) is 8.74. The molecule has 15 nitrogen and oxygen atoms in total. The highest BCUT2D eigenvalue weighted by Crippen LogP contribution is 2.21. The number of halogens is 2. The number of nitrogens with one attached hydrogen (secondary N) is 3. The molecule has 2 atom stereocenters. The summed E-state index contributed by atoms with van der Waals surface area (Å²) in [5.41, 5.74) is 23.4. The van der Waals surface area contributed by atoms with Gasteiger partial charge in [-0.05, 0) is 61.9 Å². The van der Waals surface area contributed by atoms with Crippen LogP contribution < -0.4 is 44.5 Å². The van der Waals surface area contributed by atoms with Crippen LogP contribution in [0.4, 0.5) is 10.5 Å². The summed E-state index contributed by atoms with van der Waals surface area (Å²) in [4.78, 5) is 59.1. The van der Waals surface area contributed by atoms with Gasteiger partial charge in [-0.2, -0.15) is 0 Å². The molecule has 0 aliphatic heterocycles. The van der Waals surface area contributed by atoms with Crippen molar-refractivity contribution >= 4 is 71.3 Å². The molecule has 47 heavy (non-hydrogen) atoms. The Morgan fingerprint density at radius 1 is 0.830 bits per heavy atom. The van der Waals surface area contributed by atoms with Crippen molar-refractivity contribution in [2.24, 2.45) is 32.9 Å². The number of ether oxygens (including phenoxy) is 1. The van der Waals surface area contributed by atoms with E-state index in [2.05, 4.69) is 25.9 Å². The van der Waals surface area contributed by atoms with E-state index in [0.717, 1.165) is 5.56 Å². The molecule has 0 fully saturated rings. The van der Waals surface area contributed by atoms with Crippen molar-refractivity contribution < 1.29 is 23.5 Å². The second-order valence-corrected chi connectivity index (χ2v) is 10.2. The summed E-state index contributed by atoms with van der Waals surface area (Å²) in [5.74, 6) is -1.34. The molecule has 17 heteroatoms. The normalized spacial score (nSPS) is 11.4. The van der Waals surface area contributed by atoms with E-state index in [1.54, 1.807) is 37.3 Å². The Hall–Kier alpha value is -5.02. The molecule has 256 valence electrons. The third kappa shape index (κ3) is 13.9. The van der Waals surface area contributed by atoms with Gasteiger partial charge in [-0.1, -0.05) is 30.3 Å². The number of alkyl carbamates (subject to hydrolysis) is 1. The number of aliphatic imine (C=N–C) groups is 2. The van der Waals surface area contributed by atoms with Gasteiger partial charge in [-0.3, -0.25) is 19.6 Å². The zero-order valence-electron chi connectivity index (χ0n) is 25.8. The predicted molar refractivity (Wildman–Crippen MR) is 186 cm³/mol. The molecule has 2 aromatic carbocycles. The maximum atomic E-state index is 13.5. The van der Waals surface area contributed by atoms with E-state index in [9.17, 15) is 19.2 Å². The zero-order chi connectivity index (χ0) is 32.8. The van der Waals surface area contributed by atoms with Crippen LogP contribution in [-0.4, -0.2) is 55.0 Å². The van der Waals surface area contributed by atoms with Crippen LogP contribution >= 0.6 is 24.8 Å². The number of aryl methyl sites for hydroxylation is 1.